The van der Waals surface area contributed by atoms with E-state index < -0.39 is 0 Å². The molecule has 2 atom stereocenters. The average molecular weight is 312 g/mol. The minimum absolute atomic E-state index is 0.0743. The van der Waals surface area contributed by atoms with Gasteiger partial charge in [0.05, 0.1) is 19.6 Å². The number of nitrogens with zero attached hydrogens (tertiary/aromatic N) is 1. The maximum Gasteiger partial charge on any atom is 0.227 e. The molecule has 0 radical (unpaired) electrons. The monoisotopic (exact) mass is 311 g/mol. The molecule has 2 unspecified atom stereocenters. The summed E-state index contributed by atoms with van der Waals surface area (Å²) >= 11 is 6.19. The number of aliphatic hydroxyl groups excluding tert-OH is 1. The molecule has 0 saturated carbocycles. The van der Waals surface area contributed by atoms with Crippen LogP contribution in [0.1, 0.15) is 31.7 Å². The molecule has 1 aromatic carbocycles. The molecule has 0 spiro atoms. The fourth-order valence-electron chi connectivity index (χ4n) is 2.87. The Morgan fingerprint density at radius 2 is 2.33 bits per heavy atom. The van der Waals surface area contributed by atoms with Crippen LogP contribution in [-0.4, -0.2) is 41.7 Å². The molecular formula is C16H22ClNO3. The van der Waals surface area contributed by atoms with E-state index in [1.165, 1.54) is 0 Å². The number of ether oxygens (including phenoxy) is 1. The summed E-state index contributed by atoms with van der Waals surface area (Å²) in [4.78, 5) is 14.3. The molecular weight excluding hydrogens is 290 g/mol. The van der Waals surface area contributed by atoms with Crippen molar-refractivity contribution in [3.63, 3.8) is 0 Å². The van der Waals surface area contributed by atoms with Crippen molar-refractivity contribution in [1.29, 1.82) is 0 Å². The van der Waals surface area contributed by atoms with E-state index in [0.717, 1.165) is 24.9 Å². The number of hydrogen-bond donors (Lipinski definition) is 1. The second-order valence-electron chi connectivity index (χ2n) is 5.60. The maximum atomic E-state index is 12.5. The van der Waals surface area contributed by atoms with Crippen LogP contribution >= 0.6 is 11.6 Å². The van der Waals surface area contributed by atoms with Crippen LogP contribution in [0.4, 0.5) is 0 Å². The van der Waals surface area contributed by atoms with Crippen molar-refractivity contribution in [2.75, 3.05) is 13.7 Å². The fourth-order valence-corrected chi connectivity index (χ4v) is 3.10. The van der Waals surface area contributed by atoms with Crippen LogP contribution in [0.5, 0.6) is 5.75 Å². The zero-order valence-electron chi connectivity index (χ0n) is 12.5. The summed E-state index contributed by atoms with van der Waals surface area (Å²) in [7, 11) is 1.58. The van der Waals surface area contributed by atoms with Crippen LogP contribution in [0, 0.1) is 0 Å². The first kappa shape index (κ1) is 16.1. The van der Waals surface area contributed by atoms with Gasteiger partial charge in [-0.25, -0.2) is 0 Å². The predicted octanol–water partition coefficient (Wildman–Crippen LogP) is 2.65. The van der Waals surface area contributed by atoms with E-state index in [1.807, 2.05) is 17.0 Å². The zero-order chi connectivity index (χ0) is 15.4. The van der Waals surface area contributed by atoms with Gasteiger partial charge in [0.1, 0.15) is 5.75 Å². The topological polar surface area (TPSA) is 49.8 Å². The van der Waals surface area contributed by atoms with Crippen molar-refractivity contribution in [3.8, 4) is 5.75 Å². The van der Waals surface area contributed by atoms with E-state index >= 15 is 0 Å². The zero-order valence-corrected chi connectivity index (χ0v) is 13.3. The summed E-state index contributed by atoms with van der Waals surface area (Å²) < 4.78 is 5.11. The van der Waals surface area contributed by atoms with Gasteiger partial charge in [-0.3, -0.25) is 4.79 Å². The normalized spacial score (nSPS) is 19.6. The highest BCUT2D eigenvalue weighted by Crippen LogP contribution is 2.26. The van der Waals surface area contributed by atoms with Crippen molar-refractivity contribution in [2.24, 2.45) is 0 Å². The quantitative estimate of drug-likeness (QED) is 0.909. The van der Waals surface area contributed by atoms with Gasteiger partial charge in [0, 0.05) is 17.6 Å². The summed E-state index contributed by atoms with van der Waals surface area (Å²) in [6.07, 6.45) is 2.52. The van der Waals surface area contributed by atoms with Crippen LogP contribution in [-0.2, 0) is 11.2 Å². The Morgan fingerprint density at radius 3 is 2.95 bits per heavy atom. The van der Waals surface area contributed by atoms with Crippen molar-refractivity contribution < 1.29 is 14.6 Å². The van der Waals surface area contributed by atoms with Gasteiger partial charge in [-0.15, -0.1) is 0 Å². The van der Waals surface area contributed by atoms with Crippen molar-refractivity contribution in [3.05, 3.63) is 28.8 Å². The smallest absolute Gasteiger partial charge is 0.227 e. The van der Waals surface area contributed by atoms with Crippen LogP contribution in [0.15, 0.2) is 18.2 Å². The minimum Gasteiger partial charge on any atom is -0.497 e. The second-order valence-corrected chi connectivity index (χ2v) is 6.01. The molecule has 1 saturated heterocycles. The SMILES string of the molecule is COc1ccc(CC(=O)N2CCCC2CC(C)O)c(Cl)c1. The Hall–Kier alpha value is -1.26. The number of rotatable bonds is 5. The number of benzene rings is 1. The lowest BCUT2D eigenvalue weighted by Gasteiger charge is -2.26. The molecule has 2 rings (SSSR count). The van der Waals surface area contributed by atoms with Gasteiger partial charge in [-0.1, -0.05) is 17.7 Å². The lowest BCUT2D eigenvalue weighted by atomic mass is 10.1. The van der Waals surface area contributed by atoms with E-state index in [4.69, 9.17) is 16.3 Å². The van der Waals surface area contributed by atoms with E-state index in [0.29, 0.717) is 23.6 Å². The first-order valence-electron chi connectivity index (χ1n) is 7.31. The van der Waals surface area contributed by atoms with Crippen molar-refractivity contribution in [1.82, 2.24) is 4.90 Å². The van der Waals surface area contributed by atoms with Gasteiger partial charge < -0.3 is 14.7 Å². The number of hydrogen-bond acceptors (Lipinski definition) is 3. The third kappa shape index (κ3) is 4.11. The summed E-state index contributed by atoms with van der Waals surface area (Å²) in [5, 5.41) is 10.1. The highest BCUT2D eigenvalue weighted by molar-refractivity contribution is 6.31. The third-order valence-electron chi connectivity index (χ3n) is 3.91. The molecule has 1 heterocycles. The number of amides is 1. The van der Waals surface area contributed by atoms with Gasteiger partial charge in [0.25, 0.3) is 0 Å². The molecule has 1 fully saturated rings. The lowest BCUT2D eigenvalue weighted by Crippen LogP contribution is -2.38. The lowest BCUT2D eigenvalue weighted by molar-refractivity contribution is -0.131. The third-order valence-corrected chi connectivity index (χ3v) is 4.26. The fraction of sp³-hybridized carbons (Fsp3) is 0.562. The highest BCUT2D eigenvalue weighted by atomic mass is 35.5. The number of halogens is 1. The number of carbonyl (C=O) groups excluding carboxylic acids is 1. The molecule has 1 amide bonds. The molecule has 0 aromatic heterocycles. The number of likely N-dealkylation sites (tertiary alicyclic amines) is 1. The molecule has 4 nitrogen and oxygen atoms in total. The average Bonchev–Trinajstić information content (AvgIpc) is 2.88. The van der Waals surface area contributed by atoms with E-state index in [2.05, 4.69) is 0 Å². The molecule has 1 aromatic rings. The second kappa shape index (κ2) is 7.14. The highest BCUT2D eigenvalue weighted by Gasteiger charge is 2.29. The molecule has 1 aliphatic rings. The van der Waals surface area contributed by atoms with Crippen LogP contribution in [0.3, 0.4) is 0 Å². The summed E-state index contributed by atoms with van der Waals surface area (Å²) in [5.74, 6) is 0.759. The van der Waals surface area contributed by atoms with Crippen molar-refractivity contribution in [2.45, 2.75) is 44.8 Å². The molecule has 0 bridgehead atoms. The number of aliphatic hydroxyl groups is 1. The van der Waals surface area contributed by atoms with Gasteiger partial charge in [0.15, 0.2) is 0 Å². The van der Waals surface area contributed by atoms with Gasteiger partial charge >= 0.3 is 0 Å². The number of carbonyl (C=O) groups is 1. The Balaban J connectivity index is 2.03. The maximum absolute atomic E-state index is 12.5. The van der Waals surface area contributed by atoms with Gasteiger partial charge in [0.2, 0.25) is 5.91 Å². The van der Waals surface area contributed by atoms with Crippen LogP contribution in [0.2, 0.25) is 5.02 Å². The van der Waals surface area contributed by atoms with E-state index in [1.54, 1.807) is 20.1 Å². The van der Waals surface area contributed by atoms with Gasteiger partial charge in [-0.05, 0) is 43.9 Å². The first-order chi connectivity index (χ1) is 10.0. The molecule has 116 valence electrons. The standard InChI is InChI=1S/C16H22ClNO3/c1-11(19)8-13-4-3-7-18(13)16(20)9-12-5-6-14(21-2)10-15(12)17/h5-6,10-11,13,19H,3-4,7-9H2,1-2H3. The Morgan fingerprint density at radius 1 is 1.57 bits per heavy atom. The van der Waals surface area contributed by atoms with E-state index in [-0.39, 0.29) is 18.1 Å². The summed E-state index contributed by atoms with van der Waals surface area (Å²) in [6.45, 7) is 2.53. The van der Waals surface area contributed by atoms with Crippen LogP contribution < -0.4 is 4.74 Å². The largest absolute Gasteiger partial charge is 0.497 e. The van der Waals surface area contributed by atoms with Crippen LogP contribution in [0.25, 0.3) is 0 Å². The Labute approximate surface area is 130 Å². The van der Waals surface area contributed by atoms with Gasteiger partial charge in [-0.2, -0.15) is 0 Å². The van der Waals surface area contributed by atoms with Crippen molar-refractivity contribution >= 4 is 17.5 Å². The molecule has 21 heavy (non-hydrogen) atoms. The summed E-state index contributed by atoms with van der Waals surface area (Å²) in [6, 6.07) is 5.51. The molecule has 0 aliphatic carbocycles. The molecule has 1 aliphatic heterocycles. The Bertz CT molecular complexity index is 504. The Kier molecular flexibility index (Phi) is 5.48. The minimum atomic E-state index is -0.382. The van der Waals surface area contributed by atoms with E-state index in [9.17, 15) is 9.90 Å². The number of methoxy groups -OCH3 is 1. The molecule has 5 heteroatoms. The molecule has 1 N–H and O–H groups in total. The first-order valence-corrected chi connectivity index (χ1v) is 7.69. The predicted molar refractivity (Wildman–Crippen MR) is 82.7 cm³/mol. The summed E-state index contributed by atoms with van der Waals surface area (Å²) in [5.41, 5.74) is 0.810.